The largest absolute Gasteiger partial charge is 0.497 e. The van der Waals surface area contributed by atoms with Gasteiger partial charge in [0.1, 0.15) is 11.5 Å². The Morgan fingerprint density at radius 3 is 1.78 bits per heavy atom. The van der Waals surface area contributed by atoms with Crippen molar-refractivity contribution >= 4 is 11.4 Å². The van der Waals surface area contributed by atoms with E-state index in [0.717, 1.165) is 41.0 Å². The zero-order valence-corrected chi connectivity index (χ0v) is 21.2. The molecule has 2 aliphatic rings. The molecule has 6 rings (SSSR count). The number of rotatable bonds is 5. The molecule has 0 aliphatic heterocycles. The second-order valence-corrected chi connectivity index (χ2v) is 9.95. The Morgan fingerprint density at radius 1 is 0.622 bits per heavy atom. The van der Waals surface area contributed by atoms with Crippen molar-refractivity contribution in [3.8, 4) is 11.5 Å². The van der Waals surface area contributed by atoms with Crippen molar-refractivity contribution in [1.29, 1.82) is 0 Å². The van der Waals surface area contributed by atoms with Crippen LogP contribution >= 0.6 is 0 Å². The number of fused-ring (bicyclic) bond motifs is 2. The van der Waals surface area contributed by atoms with E-state index in [1.54, 1.807) is 14.2 Å². The van der Waals surface area contributed by atoms with Gasteiger partial charge in [-0.15, -0.1) is 0 Å². The molecule has 184 valence electrons. The van der Waals surface area contributed by atoms with E-state index in [2.05, 4.69) is 60.7 Å². The van der Waals surface area contributed by atoms with Gasteiger partial charge in [0.15, 0.2) is 5.78 Å². The van der Waals surface area contributed by atoms with Crippen molar-refractivity contribution in [2.75, 3.05) is 14.2 Å². The number of ketones is 1. The lowest BCUT2D eigenvalue weighted by atomic mass is 9.65. The first kappa shape index (κ1) is 23.3. The summed E-state index contributed by atoms with van der Waals surface area (Å²) in [6.45, 7) is 0. The molecule has 0 bridgehead atoms. The molecule has 3 nitrogen and oxygen atoms in total. The maximum Gasteiger partial charge on any atom is 0.171 e. The highest BCUT2D eigenvalue weighted by Gasteiger charge is 2.40. The van der Waals surface area contributed by atoms with Gasteiger partial charge in [-0.05, 0) is 70.5 Å². The van der Waals surface area contributed by atoms with Crippen molar-refractivity contribution in [2.45, 2.75) is 24.7 Å². The summed E-state index contributed by atoms with van der Waals surface area (Å²) in [6, 6.07) is 33.3. The van der Waals surface area contributed by atoms with E-state index in [9.17, 15) is 4.79 Å². The Kier molecular flexibility index (Phi) is 6.13. The zero-order valence-electron chi connectivity index (χ0n) is 21.2. The summed E-state index contributed by atoms with van der Waals surface area (Å²) in [7, 11) is 3.37. The summed E-state index contributed by atoms with van der Waals surface area (Å²) >= 11 is 0. The number of benzene rings is 4. The second-order valence-electron chi connectivity index (χ2n) is 9.95. The molecular weight excluding hydrogens is 456 g/mol. The molecule has 3 atom stereocenters. The zero-order chi connectivity index (χ0) is 25.4. The molecule has 0 heterocycles. The Hall–Kier alpha value is -4.11. The standard InChI is InChI=1S/C34H30O3/c1-36-27-15-11-22(12-16-27)26-19-24-7-3-5-9-29(24)32(21-26)33-31(23-13-17-28(37-2)18-14-23)20-25-8-4-6-10-30(25)34(33)35/h3-18,21,26,31,33H,19-20H2,1-2H3/t26-,31+,33-/m0/s1. The van der Waals surface area contributed by atoms with Crippen LogP contribution in [-0.2, 0) is 12.8 Å². The van der Waals surface area contributed by atoms with Gasteiger partial charge in [0.25, 0.3) is 0 Å². The van der Waals surface area contributed by atoms with Gasteiger partial charge in [-0.3, -0.25) is 4.79 Å². The van der Waals surface area contributed by atoms with Gasteiger partial charge in [0, 0.05) is 17.4 Å². The van der Waals surface area contributed by atoms with Crippen molar-refractivity contribution in [3.63, 3.8) is 0 Å². The third-order valence-corrected chi connectivity index (χ3v) is 7.98. The van der Waals surface area contributed by atoms with Crippen LogP contribution in [0.2, 0.25) is 0 Å². The molecular formula is C34H30O3. The molecule has 37 heavy (non-hydrogen) atoms. The van der Waals surface area contributed by atoms with E-state index in [1.165, 1.54) is 22.3 Å². The summed E-state index contributed by atoms with van der Waals surface area (Å²) in [5, 5.41) is 0. The van der Waals surface area contributed by atoms with Crippen molar-refractivity contribution in [1.82, 2.24) is 0 Å². The number of Topliss-reactive ketones (excluding diaryl/α,β-unsaturated/α-hetero) is 1. The van der Waals surface area contributed by atoms with Crippen molar-refractivity contribution in [3.05, 3.63) is 137 Å². The molecule has 0 saturated carbocycles. The minimum absolute atomic E-state index is 0.0437. The van der Waals surface area contributed by atoms with Crippen LogP contribution in [0.25, 0.3) is 5.57 Å². The smallest absolute Gasteiger partial charge is 0.171 e. The minimum Gasteiger partial charge on any atom is -0.497 e. The number of ether oxygens (including phenoxy) is 2. The number of carbonyl (C=O) groups excluding carboxylic acids is 1. The molecule has 0 aromatic heterocycles. The van der Waals surface area contributed by atoms with Crippen molar-refractivity contribution < 1.29 is 14.3 Å². The molecule has 0 fully saturated rings. The topological polar surface area (TPSA) is 35.5 Å². The molecule has 0 amide bonds. The normalized spacial score (nSPS) is 20.4. The fourth-order valence-electron chi connectivity index (χ4n) is 6.08. The van der Waals surface area contributed by atoms with Crippen LogP contribution in [0.1, 0.15) is 50.0 Å². The van der Waals surface area contributed by atoms with Gasteiger partial charge in [-0.1, -0.05) is 78.9 Å². The Bertz CT molecular complexity index is 1460. The van der Waals surface area contributed by atoms with E-state index in [0.29, 0.717) is 0 Å². The first-order chi connectivity index (χ1) is 18.2. The average Bonchev–Trinajstić information content (AvgIpc) is 2.97. The molecule has 4 aromatic rings. The second kappa shape index (κ2) is 9.74. The Balaban J connectivity index is 1.50. The van der Waals surface area contributed by atoms with Crippen LogP contribution in [0.15, 0.2) is 103 Å². The van der Waals surface area contributed by atoms with Gasteiger partial charge in [-0.25, -0.2) is 0 Å². The first-order valence-electron chi connectivity index (χ1n) is 12.9. The third kappa shape index (κ3) is 4.25. The van der Waals surface area contributed by atoms with Crippen LogP contribution in [0.3, 0.4) is 0 Å². The van der Waals surface area contributed by atoms with Gasteiger partial charge in [0.05, 0.1) is 20.1 Å². The van der Waals surface area contributed by atoms with Gasteiger partial charge < -0.3 is 9.47 Å². The van der Waals surface area contributed by atoms with Crippen LogP contribution in [0, 0.1) is 5.92 Å². The average molecular weight is 487 g/mol. The Labute approximate surface area is 218 Å². The molecule has 3 heteroatoms. The quantitative estimate of drug-likeness (QED) is 0.298. The van der Waals surface area contributed by atoms with E-state index in [4.69, 9.17) is 9.47 Å². The number of hydrogen-bond acceptors (Lipinski definition) is 3. The fraction of sp³-hybridized carbons (Fsp3) is 0.206. The monoisotopic (exact) mass is 486 g/mol. The fourth-order valence-corrected chi connectivity index (χ4v) is 6.08. The molecule has 0 saturated heterocycles. The summed E-state index contributed by atoms with van der Waals surface area (Å²) in [4.78, 5) is 14.3. The maximum atomic E-state index is 14.3. The highest BCUT2D eigenvalue weighted by Crippen LogP contribution is 2.48. The van der Waals surface area contributed by atoms with E-state index < -0.39 is 0 Å². The summed E-state index contributed by atoms with van der Waals surface area (Å²) in [5.41, 5.74) is 8.01. The predicted octanol–water partition coefficient (Wildman–Crippen LogP) is 7.27. The molecule has 0 radical (unpaired) electrons. The van der Waals surface area contributed by atoms with E-state index in [-0.39, 0.29) is 23.5 Å². The number of carbonyl (C=O) groups is 1. The lowest BCUT2D eigenvalue weighted by Gasteiger charge is -2.37. The molecule has 4 aromatic carbocycles. The van der Waals surface area contributed by atoms with Crippen LogP contribution in [-0.4, -0.2) is 20.0 Å². The number of methoxy groups -OCH3 is 2. The lowest BCUT2D eigenvalue weighted by Crippen LogP contribution is -2.32. The van der Waals surface area contributed by atoms with Gasteiger partial charge in [-0.2, -0.15) is 0 Å². The van der Waals surface area contributed by atoms with Crippen LogP contribution < -0.4 is 9.47 Å². The summed E-state index contributed by atoms with van der Waals surface area (Å²) in [6.07, 6.45) is 4.10. The predicted molar refractivity (Wildman–Crippen MR) is 148 cm³/mol. The van der Waals surface area contributed by atoms with E-state index >= 15 is 0 Å². The molecule has 0 N–H and O–H groups in total. The molecule has 0 spiro atoms. The van der Waals surface area contributed by atoms with Gasteiger partial charge in [0.2, 0.25) is 0 Å². The van der Waals surface area contributed by atoms with Crippen LogP contribution in [0.4, 0.5) is 0 Å². The minimum atomic E-state index is -0.259. The van der Waals surface area contributed by atoms with E-state index in [1.807, 2.05) is 42.5 Å². The summed E-state index contributed by atoms with van der Waals surface area (Å²) in [5.74, 6) is 1.86. The van der Waals surface area contributed by atoms with Crippen molar-refractivity contribution in [2.24, 2.45) is 5.92 Å². The SMILES string of the molecule is COc1ccc([C@@H]2C=C([C@H]3C(=O)c4ccccc4C[C@@H]3c3ccc(OC)cc3)c3ccccc3C2)cc1. The number of hydrogen-bond donors (Lipinski definition) is 0. The lowest BCUT2D eigenvalue weighted by molar-refractivity contribution is 0.0923. The van der Waals surface area contributed by atoms with Gasteiger partial charge >= 0.3 is 0 Å². The highest BCUT2D eigenvalue weighted by molar-refractivity contribution is 6.08. The summed E-state index contributed by atoms with van der Waals surface area (Å²) < 4.78 is 10.8. The first-order valence-corrected chi connectivity index (χ1v) is 12.9. The Morgan fingerprint density at radius 2 is 1.16 bits per heavy atom. The molecule has 0 unspecified atom stereocenters. The maximum absolute atomic E-state index is 14.3. The highest BCUT2D eigenvalue weighted by atomic mass is 16.5. The molecule has 2 aliphatic carbocycles. The van der Waals surface area contributed by atoms with Crippen LogP contribution in [0.5, 0.6) is 11.5 Å². The third-order valence-electron chi connectivity index (χ3n) is 7.98. The number of allylic oxidation sites excluding steroid dienone is 2.